The Balaban J connectivity index is 1.31. The third kappa shape index (κ3) is 6.44. The first kappa shape index (κ1) is 25.3. The van der Waals surface area contributed by atoms with Crippen LogP contribution in [-0.2, 0) is 10.2 Å². The molecule has 0 aliphatic heterocycles. The number of hydrogen-bond acceptors (Lipinski definition) is 6. The van der Waals surface area contributed by atoms with Crippen LogP contribution in [-0.4, -0.2) is 33.8 Å². The highest BCUT2D eigenvalue weighted by molar-refractivity contribution is 5.68. The van der Waals surface area contributed by atoms with Gasteiger partial charge in [-0.3, -0.25) is 4.98 Å². The zero-order valence-electron chi connectivity index (χ0n) is 21.3. The predicted octanol–water partition coefficient (Wildman–Crippen LogP) is 5.32. The second kappa shape index (κ2) is 10.0. The Morgan fingerprint density at radius 2 is 1.50 bits per heavy atom. The lowest BCUT2D eigenvalue weighted by Crippen LogP contribution is -2.50. The van der Waals surface area contributed by atoms with Gasteiger partial charge in [-0.05, 0) is 56.2 Å². The van der Waals surface area contributed by atoms with Gasteiger partial charge in [-0.1, -0.05) is 38.1 Å². The molecular formula is C28H33N3O5. The molecule has 2 aromatic carbocycles. The fourth-order valence-electron chi connectivity index (χ4n) is 4.04. The smallest absolute Gasteiger partial charge is 0.407 e. The Morgan fingerprint density at radius 1 is 0.917 bits per heavy atom. The summed E-state index contributed by atoms with van der Waals surface area (Å²) in [6.45, 7) is 9.88. The fraction of sp³-hybridized carbons (Fsp3) is 0.393. The van der Waals surface area contributed by atoms with E-state index in [2.05, 4.69) is 41.3 Å². The lowest BCUT2D eigenvalue weighted by Gasteiger charge is -2.36. The number of aromatic nitrogens is 2. The van der Waals surface area contributed by atoms with Gasteiger partial charge < -0.3 is 19.5 Å². The molecule has 1 saturated carbocycles. The summed E-state index contributed by atoms with van der Waals surface area (Å²) < 4.78 is 17.1. The number of carbonyl (C=O) groups is 1. The number of rotatable bonds is 7. The molecule has 8 nitrogen and oxygen atoms in total. The minimum absolute atomic E-state index is 0.0756. The molecule has 4 rings (SSSR count). The zero-order valence-corrected chi connectivity index (χ0v) is 21.3. The highest BCUT2D eigenvalue weighted by atomic mass is 16.6. The molecule has 1 amide bonds. The number of carbonyl (C=O) groups excluding carboxylic acids is 1. The van der Waals surface area contributed by atoms with E-state index in [-0.39, 0.29) is 23.7 Å². The third-order valence-electron chi connectivity index (χ3n) is 6.15. The van der Waals surface area contributed by atoms with Crippen molar-refractivity contribution in [1.82, 2.24) is 15.3 Å². The Labute approximate surface area is 211 Å². The van der Waals surface area contributed by atoms with Crippen molar-refractivity contribution in [3.63, 3.8) is 0 Å². The largest absolute Gasteiger partial charge is 0.490 e. The number of alkyl carbamates (subject to hydrolysis) is 1. The van der Waals surface area contributed by atoms with E-state index in [9.17, 15) is 9.59 Å². The molecule has 1 aliphatic rings. The maximum atomic E-state index is 11.9. The number of H-pyrrole nitrogens is 1. The first-order valence-corrected chi connectivity index (χ1v) is 12.1. The lowest BCUT2D eigenvalue weighted by molar-refractivity contribution is 0.0363. The summed E-state index contributed by atoms with van der Waals surface area (Å²) in [5, 5.41) is 2.89. The van der Waals surface area contributed by atoms with E-state index >= 15 is 0 Å². The van der Waals surface area contributed by atoms with Gasteiger partial charge in [0.05, 0.1) is 0 Å². The first-order chi connectivity index (χ1) is 17.0. The topological polar surface area (TPSA) is 103 Å². The van der Waals surface area contributed by atoms with Gasteiger partial charge in [0.1, 0.15) is 23.2 Å². The lowest BCUT2D eigenvalue weighted by atomic mass is 9.78. The molecule has 0 spiro atoms. The highest BCUT2D eigenvalue weighted by Gasteiger charge is 2.33. The van der Waals surface area contributed by atoms with Crippen molar-refractivity contribution in [1.29, 1.82) is 0 Å². The SMILES string of the molecule is CC(C)(C)OC(=O)NC1CC(Oc2ccc(C(C)(C)c3ccc(Oc4ccnc(=O)[nH]4)cc3)cc2)C1. The van der Waals surface area contributed by atoms with Crippen LogP contribution in [0.4, 0.5) is 4.79 Å². The molecule has 36 heavy (non-hydrogen) atoms. The Bertz CT molecular complexity index is 1240. The average molecular weight is 492 g/mol. The number of benzene rings is 2. The van der Waals surface area contributed by atoms with Crippen LogP contribution in [0.1, 0.15) is 58.6 Å². The van der Waals surface area contributed by atoms with E-state index in [1.54, 1.807) is 6.07 Å². The Hall–Kier alpha value is -3.81. The molecule has 0 bridgehead atoms. The maximum absolute atomic E-state index is 11.9. The van der Waals surface area contributed by atoms with Crippen LogP contribution in [0.15, 0.2) is 65.6 Å². The van der Waals surface area contributed by atoms with Gasteiger partial charge in [0.15, 0.2) is 0 Å². The van der Waals surface area contributed by atoms with Crippen LogP contribution in [0.5, 0.6) is 17.4 Å². The Kier molecular flexibility index (Phi) is 7.06. The van der Waals surface area contributed by atoms with Crippen molar-refractivity contribution in [2.75, 3.05) is 0 Å². The molecule has 190 valence electrons. The van der Waals surface area contributed by atoms with Crippen LogP contribution < -0.4 is 20.5 Å². The number of ether oxygens (including phenoxy) is 3. The average Bonchev–Trinajstić information content (AvgIpc) is 2.77. The molecule has 2 N–H and O–H groups in total. The second-order valence-corrected chi connectivity index (χ2v) is 10.6. The van der Waals surface area contributed by atoms with Crippen LogP contribution in [0.3, 0.4) is 0 Å². The monoisotopic (exact) mass is 491 g/mol. The molecule has 3 aromatic rings. The maximum Gasteiger partial charge on any atom is 0.407 e. The van der Waals surface area contributed by atoms with Crippen molar-refractivity contribution in [2.45, 2.75) is 70.6 Å². The van der Waals surface area contributed by atoms with Crippen LogP contribution in [0.2, 0.25) is 0 Å². The summed E-state index contributed by atoms with van der Waals surface area (Å²) in [6.07, 6.45) is 2.61. The minimum Gasteiger partial charge on any atom is -0.490 e. The van der Waals surface area contributed by atoms with E-state index in [0.29, 0.717) is 11.6 Å². The normalized spacial score (nSPS) is 17.6. The van der Waals surface area contributed by atoms with Crippen molar-refractivity contribution in [3.8, 4) is 17.4 Å². The van der Waals surface area contributed by atoms with Crippen LogP contribution >= 0.6 is 0 Å². The molecule has 1 aliphatic carbocycles. The summed E-state index contributed by atoms with van der Waals surface area (Å²) in [5.41, 5.74) is 1.09. The van der Waals surface area contributed by atoms with E-state index in [4.69, 9.17) is 14.2 Å². The summed E-state index contributed by atoms with van der Waals surface area (Å²) in [5.74, 6) is 1.78. The van der Waals surface area contributed by atoms with E-state index in [0.717, 1.165) is 29.7 Å². The number of nitrogens with zero attached hydrogens (tertiary/aromatic N) is 1. The summed E-state index contributed by atoms with van der Waals surface area (Å²) in [6, 6.07) is 17.6. The second-order valence-electron chi connectivity index (χ2n) is 10.6. The van der Waals surface area contributed by atoms with Crippen LogP contribution in [0.25, 0.3) is 0 Å². The molecule has 0 unspecified atom stereocenters. The molecule has 1 fully saturated rings. The number of amides is 1. The molecule has 0 atom stereocenters. The summed E-state index contributed by atoms with van der Waals surface area (Å²) in [4.78, 5) is 29.4. The highest BCUT2D eigenvalue weighted by Crippen LogP contribution is 2.34. The summed E-state index contributed by atoms with van der Waals surface area (Å²) >= 11 is 0. The third-order valence-corrected chi connectivity index (χ3v) is 6.15. The molecule has 1 heterocycles. The standard InChI is InChI=1S/C28H33N3O5/c1-27(2,3)36-26(33)30-20-16-23(17-20)34-21-10-6-18(7-11-21)28(4,5)19-8-12-22(13-9-19)35-24-14-15-29-25(32)31-24/h6-15,20,23H,16-17H2,1-5H3,(H,30,33)(H,29,31,32). The number of hydrogen-bond donors (Lipinski definition) is 2. The molecule has 1 aromatic heterocycles. The quantitative estimate of drug-likeness (QED) is 0.464. The Morgan fingerprint density at radius 3 is 2.06 bits per heavy atom. The predicted molar refractivity (Wildman–Crippen MR) is 137 cm³/mol. The van der Waals surface area contributed by atoms with Gasteiger partial charge in [0, 0.05) is 36.6 Å². The number of nitrogens with one attached hydrogen (secondary N) is 2. The van der Waals surface area contributed by atoms with Gasteiger partial charge >= 0.3 is 11.8 Å². The van der Waals surface area contributed by atoms with Crippen molar-refractivity contribution in [3.05, 3.63) is 82.4 Å². The molecule has 0 radical (unpaired) electrons. The van der Waals surface area contributed by atoms with E-state index in [1.165, 1.54) is 6.20 Å². The van der Waals surface area contributed by atoms with Crippen LogP contribution in [0, 0.1) is 0 Å². The molecule has 0 saturated heterocycles. The molecular weight excluding hydrogens is 458 g/mol. The van der Waals surface area contributed by atoms with Gasteiger partial charge in [-0.25, -0.2) is 14.6 Å². The minimum atomic E-state index is -0.503. The fourth-order valence-corrected chi connectivity index (χ4v) is 4.04. The van der Waals surface area contributed by atoms with Crippen molar-refractivity contribution < 1.29 is 19.0 Å². The zero-order chi connectivity index (χ0) is 25.9. The van der Waals surface area contributed by atoms with Gasteiger partial charge in [-0.2, -0.15) is 0 Å². The summed E-state index contributed by atoms with van der Waals surface area (Å²) in [7, 11) is 0. The molecule has 8 heteroatoms. The number of aromatic amines is 1. The van der Waals surface area contributed by atoms with Gasteiger partial charge in [-0.15, -0.1) is 0 Å². The van der Waals surface area contributed by atoms with Crippen molar-refractivity contribution >= 4 is 6.09 Å². The van der Waals surface area contributed by atoms with Crippen molar-refractivity contribution in [2.24, 2.45) is 0 Å². The van der Waals surface area contributed by atoms with E-state index in [1.807, 2.05) is 57.2 Å². The van der Waals surface area contributed by atoms with E-state index < -0.39 is 11.3 Å². The van der Waals surface area contributed by atoms with Gasteiger partial charge in [0.25, 0.3) is 0 Å². The first-order valence-electron chi connectivity index (χ1n) is 12.1. The van der Waals surface area contributed by atoms with Gasteiger partial charge in [0.2, 0.25) is 5.88 Å².